The van der Waals surface area contributed by atoms with Gasteiger partial charge in [-0.25, -0.2) is 4.98 Å². The molecule has 0 bridgehead atoms. The van der Waals surface area contributed by atoms with Gasteiger partial charge in [0.15, 0.2) is 0 Å². The number of imidazole rings is 1. The van der Waals surface area contributed by atoms with Crippen LogP contribution < -0.4 is 5.73 Å². The number of H-pyrrole nitrogens is 1. The summed E-state index contributed by atoms with van der Waals surface area (Å²) in [5.41, 5.74) is 8.11. The zero-order valence-corrected chi connectivity index (χ0v) is 12.3. The topological polar surface area (TPSA) is 84.7 Å². The van der Waals surface area contributed by atoms with E-state index in [1.807, 2.05) is 24.3 Å². The number of nitrogens with zero attached hydrogens (tertiary/aromatic N) is 2. The summed E-state index contributed by atoms with van der Waals surface area (Å²) in [5.74, 6) is 0.311. The van der Waals surface area contributed by atoms with Crippen LogP contribution in [0.1, 0.15) is 21.7 Å². The molecule has 0 unspecified atom stereocenters. The average molecular weight is 313 g/mol. The summed E-state index contributed by atoms with van der Waals surface area (Å²) < 4.78 is 0. The van der Waals surface area contributed by atoms with Gasteiger partial charge in [-0.15, -0.1) is 0 Å². The Morgan fingerprint density at radius 3 is 2.86 bits per heavy atom. The summed E-state index contributed by atoms with van der Waals surface area (Å²) in [4.78, 5) is 23.0. The number of primary amides is 1. The molecule has 0 spiro atoms. The van der Waals surface area contributed by atoms with Gasteiger partial charge in [0.25, 0.3) is 0 Å². The van der Waals surface area contributed by atoms with Gasteiger partial charge in [-0.05, 0) is 29.8 Å². The molecule has 5 nitrogen and oxygen atoms in total. The van der Waals surface area contributed by atoms with E-state index >= 15 is 0 Å². The van der Waals surface area contributed by atoms with Crippen LogP contribution in [0, 0.1) is 0 Å². The highest BCUT2D eigenvalue weighted by molar-refractivity contribution is 6.30. The molecular weight excluding hydrogens is 300 g/mol. The maximum atomic E-state index is 11.2. The molecule has 0 saturated heterocycles. The molecule has 0 fully saturated rings. The molecule has 0 radical (unpaired) electrons. The van der Waals surface area contributed by atoms with Crippen molar-refractivity contribution in [1.29, 1.82) is 0 Å². The summed E-state index contributed by atoms with van der Waals surface area (Å²) in [6.45, 7) is 0. The minimum absolute atomic E-state index is 0.413. The van der Waals surface area contributed by atoms with Crippen LogP contribution in [0.2, 0.25) is 5.02 Å². The zero-order chi connectivity index (χ0) is 15.5. The highest BCUT2D eigenvalue weighted by Gasteiger charge is 2.08. The van der Waals surface area contributed by atoms with Gasteiger partial charge in [0, 0.05) is 23.2 Å². The van der Waals surface area contributed by atoms with E-state index in [2.05, 4.69) is 15.0 Å². The maximum absolute atomic E-state index is 11.2. The van der Waals surface area contributed by atoms with Gasteiger partial charge < -0.3 is 10.7 Å². The molecule has 22 heavy (non-hydrogen) atoms. The lowest BCUT2D eigenvalue weighted by Crippen LogP contribution is -2.11. The van der Waals surface area contributed by atoms with Crippen LogP contribution in [-0.2, 0) is 6.42 Å². The van der Waals surface area contributed by atoms with Gasteiger partial charge in [-0.1, -0.05) is 23.7 Å². The third-order valence-corrected chi connectivity index (χ3v) is 3.44. The lowest BCUT2D eigenvalue weighted by Gasteiger charge is -2.00. The quantitative estimate of drug-likeness (QED) is 0.777. The zero-order valence-electron chi connectivity index (χ0n) is 11.6. The molecule has 1 aromatic carbocycles. The fraction of sp³-hybridized carbons (Fsp3) is 0.0625. The molecular formula is C16H13ClN4O. The van der Waals surface area contributed by atoms with Crippen molar-refractivity contribution in [2.24, 2.45) is 5.73 Å². The Balaban J connectivity index is 1.84. The van der Waals surface area contributed by atoms with Crippen LogP contribution >= 0.6 is 11.6 Å². The smallest absolute Gasteiger partial charge is 0.248 e. The summed E-state index contributed by atoms with van der Waals surface area (Å²) in [6, 6.07) is 10.8. The monoisotopic (exact) mass is 312 g/mol. The number of carbonyl (C=O) groups excluding carboxylic acids is 1. The number of amides is 1. The molecule has 3 rings (SSSR count). The fourth-order valence-corrected chi connectivity index (χ4v) is 2.37. The van der Waals surface area contributed by atoms with Gasteiger partial charge in [0.1, 0.15) is 5.82 Å². The first-order valence-corrected chi connectivity index (χ1v) is 7.04. The van der Waals surface area contributed by atoms with Gasteiger partial charge in [-0.2, -0.15) is 0 Å². The second-order valence-electron chi connectivity index (χ2n) is 4.84. The Labute approximate surface area is 132 Å². The minimum Gasteiger partial charge on any atom is -0.366 e. The highest BCUT2D eigenvalue weighted by Crippen LogP contribution is 2.18. The molecule has 2 heterocycles. The average Bonchev–Trinajstić information content (AvgIpc) is 2.96. The lowest BCUT2D eigenvalue weighted by molar-refractivity contribution is 0.1000. The SMILES string of the molecule is NC(=O)c1ccnc(-c2cnc(Cc3cccc(Cl)c3)[nH]2)c1. The number of nitrogens with one attached hydrogen (secondary N) is 1. The number of rotatable bonds is 4. The Morgan fingerprint density at radius 2 is 2.09 bits per heavy atom. The molecule has 110 valence electrons. The molecule has 0 atom stereocenters. The molecule has 0 saturated carbocycles. The number of hydrogen-bond acceptors (Lipinski definition) is 3. The van der Waals surface area contributed by atoms with E-state index in [1.54, 1.807) is 24.5 Å². The molecule has 0 aliphatic rings. The standard InChI is InChI=1S/C16H13ClN4O/c17-12-3-1-2-10(6-12)7-15-20-9-14(21-15)13-8-11(16(18)22)4-5-19-13/h1-6,8-9H,7H2,(H2,18,22)(H,20,21). The first-order valence-electron chi connectivity index (χ1n) is 6.66. The van der Waals surface area contributed by atoms with E-state index in [9.17, 15) is 4.79 Å². The number of carbonyl (C=O) groups is 1. The van der Waals surface area contributed by atoms with Crippen LogP contribution in [0.15, 0.2) is 48.8 Å². The van der Waals surface area contributed by atoms with Crippen molar-refractivity contribution < 1.29 is 4.79 Å². The second kappa shape index (κ2) is 5.99. The van der Waals surface area contributed by atoms with Crippen molar-refractivity contribution in [3.63, 3.8) is 0 Å². The van der Waals surface area contributed by atoms with Crippen molar-refractivity contribution in [3.05, 3.63) is 70.8 Å². The first kappa shape index (κ1) is 14.3. The molecule has 3 aromatic rings. The van der Waals surface area contributed by atoms with E-state index in [0.717, 1.165) is 17.1 Å². The summed E-state index contributed by atoms with van der Waals surface area (Å²) in [5, 5.41) is 0.695. The normalized spacial score (nSPS) is 10.6. The summed E-state index contributed by atoms with van der Waals surface area (Å²) in [7, 11) is 0. The van der Waals surface area contributed by atoms with E-state index < -0.39 is 5.91 Å². The van der Waals surface area contributed by atoms with E-state index in [-0.39, 0.29) is 0 Å². The highest BCUT2D eigenvalue weighted by atomic mass is 35.5. The Bertz CT molecular complexity index is 828. The van der Waals surface area contributed by atoms with Crippen molar-refractivity contribution in [2.45, 2.75) is 6.42 Å². The number of aromatic amines is 1. The summed E-state index contributed by atoms with van der Waals surface area (Å²) in [6.07, 6.45) is 3.87. The van der Waals surface area contributed by atoms with Gasteiger partial charge >= 0.3 is 0 Å². The molecule has 1 amide bonds. The van der Waals surface area contributed by atoms with Crippen molar-refractivity contribution in [2.75, 3.05) is 0 Å². The van der Waals surface area contributed by atoms with Crippen LogP contribution in [-0.4, -0.2) is 20.9 Å². The summed E-state index contributed by atoms with van der Waals surface area (Å²) >= 11 is 5.97. The minimum atomic E-state index is -0.484. The Hall–Kier alpha value is -2.66. The largest absolute Gasteiger partial charge is 0.366 e. The number of aromatic nitrogens is 3. The number of pyridine rings is 1. The molecule has 0 aliphatic heterocycles. The van der Waals surface area contributed by atoms with E-state index in [0.29, 0.717) is 22.7 Å². The van der Waals surface area contributed by atoms with Crippen LogP contribution in [0.25, 0.3) is 11.4 Å². The molecule has 2 aromatic heterocycles. The Morgan fingerprint density at radius 1 is 1.23 bits per heavy atom. The second-order valence-corrected chi connectivity index (χ2v) is 5.28. The molecule has 3 N–H and O–H groups in total. The van der Waals surface area contributed by atoms with E-state index in [1.165, 1.54) is 0 Å². The van der Waals surface area contributed by atoms with E-state index in [4.69, 9.17) is 17.3 Å². The third kappa shape index (κ3) is 3.15. The van der Waals surface area contributed by atoms with Crippen molar-refractivity contribution in [1.82, 2.24) is 15.0 Å². The third-order valence-electron chi connectivity index (χ3n) is 3.21. The molecule has 6 heteroatoms. The van der Waals surface area contributed by atoms with Gasteiger partial charge in [0.2, 0.25) is 5.91 Å². The van der Waals surface area contributed by atoms with Crippen molar-refractivity contribution >= 4 is 17.5 Å². The predicted molar refractivity (Wildman–Crippen MR) is 84.6 cm³/mol. The fourth-order valence-electron chi connectivity index (χ4n) is 2.15. The number of nitrogens with two attached hydrogens (primary N) is 1. The number of halogens is 1. The van der Waals surface area contributed by atoms with Crippen LogP contribution in [0.5, 0.6) is 0 Å². The molecule has 0 aliphatic carbocycles. The van der Waals surface area contributed by atoms with Crippen LogP contribution in [0.4, 0.5) is 0 Å². The number of hydrogen-bond donors (Lipinski definition) is 2. The van der Waals surface area contributed by atoms with Crippen molar-refractivity contribution in [3.8, 4) is 11.4 Å². The number of benzene rings is 1. The van der Waals surface area contributed by atoms with Crippen LogP contribution in [0.3, 0.4) is 0 Å². The van der Waals surface area contributed by atoms with Gasteiger partial charge in [0.05, 0.1) is 17.6 Å². The lowest BCUT2D eigenvalue weighted by atomic mass is 10.1. The Kier molecular flexibility index (Phi) is 3.89. The predicted octanol–water partition coefficient (Wildman–Crippen LogP) is 2.81. The maximum Gasteiger partial charge on any atom is 0.248 e. The first-order chi connectivity index (χ1) is 10.6. The van der Waals surface area contributed by atoms with Gasteiger partial charge in [-0.3, -0.25) is 9.78 Å².